The van der Waals surface area contributed by atoms with Crippen molar-refractivity contribution in [1.29, 1.82) is 0 Å². The highest BCUT2D eigenvalue weighted by molar-refractivity contribution is 7.99. The van der Waals surface area contributed by atoms with E-state index in [1.807, 2.05) is 55.7 Å². The fraction of sp³-hybridized carbons (Fsp3) is 0.389. The zero-order valence-corrected chi connectivity index (χ0v) is 17.6. The van der Waals surface area contributed by atoms with E-state index in [2.05, 4.69) is 25.7 Å². The number of amides is 1. The zero-order valence-electron chi connectivity index (χ0n) is 16.0. The molecule has 2 aromatic heterocycles. The summed E-state index contributed by atoms with van der Waals surface area (Å²) < 4.78 is 7.91. The second-order valence-corrected chi connectivity index (χ2v) is 7.85. The lowest BCUT2D eigenvalue weighted by Crippen LogP contribution is -2.15. The summed E-state index contributed by atoms with van der Waals surface area (Å²) >= 11 is 2.72. The molecule has 1 aromatic carbocycles. The van der Waals surface area contributed by atoms with Gasteiger partial charge >= 0.3 is 0 Å². The molecule has 0 bridgehead atoms. The summed E-state index contributed by atoms with van der Waals surface area (Å²) in [5, 5.41) is 21.3. The molecule has 0 spiro atoms. The molecule has 8 nitrogen and oxygen atoms in total. The second-order valence-electron chi connectivity index (χ2n) is 5.85. The molecule has 0 fully saturated rings. The number of thioether (sulfide) groups is 1. The van der Waals surface area contributed by atoms with Crippen molar-refractivity contribution >= 4 is 34.1 Å². The van der Waals surface area contributed by atoms with Crippen LogP contribution in [0.15, 0.2) is 35.5 Å². The molecule has 10 heteroatoms. The van der Waals surface area contributed by atoms with Crippen LogP contribution in [0.5, 0.6) is 5.75 Å². The van der Waals surface area contributed by atoms with E-state index in [4.69, 9.17) is 4.74 Å². The van der Waals surface area contributed by atoms with Gasteiger partial charge in [0.1, 0.15) is 10.8 Å². The van der Waals surface area contributed by atoms with Gasteiger partial charge < -0.3 is 9.30 Å². The molecule has 3 aromatic rings. The van der Waals surface area contributed by atoms with Gasteiger partial charge in [0.15, 0.2) is 17.1 Å². The van der Waals surface area contributed by atoms with Crippen LogP contribution in [-0.4, -0.2) is 36.6 Å². The van der Waals surface area contributed by atoms with Crippen molar-refractivity contribution in [3.05, 3.63) is 41.2 Å². The van der Waals surface area contributed by atoms with E-state index in [-0.39, 0.29) is 17.8 Å². The smallest absolute Gasteiger partial charge is 0.236 e. The summed E-state index contributed by atoms with van der Waals surface area (Å²) in [7, 11) is 0. The van der Waals surface area contributed by atoms with Gasteiger partial charge in [-0.2, -0.15) is 0 Å². The van der Waals surface area contributed by atoms with Crippen molar-refractivity contribution in [2.45, 2.75) is 45.0 Å². The Morgan fingerprint density at radius 3 is 2.68 bits per heavy atom. The van der Waals surface area contributed by atoms with Crippen molar-refractivity contribution in [3.8, 4) is 5.75 Å². The van der Waals surface area contributed by atoms with Crippen LogP contribution in [-0.2, 0) is 17.8 Å². The number of para-hydroxylation sites is 1. The standard InChI is InChI=1S/C18H22N6O2S2/c1-4-15-20-22-17(28-15)19-14(25)11-27-18-23-21-16(24(18)5-2)12(3)26-13-9-7-6-8-10-13/h6-10,12H,4-5,11H2,1-3H3,(H,19,22,25)/t12-/m0/s1. The summed E-state index contributed by atoms with van der Waals surface area (Å²) in [6.07, 6.45) is 0.542. The van der Waals surface area contributed by atoms with Gasteiger partial charge in [-0.25, -0.2) is 0 Å². The summed E-state index contributed by atoms with van der Waals surface area (Å²) in [5.74, 6) is 1.57. The third-order valence-corrected chi connectivity index (χ3v) is 5.78. The Morgan fingerprint density at radius 1 is 1.21 bits per heavy atom. The lowest BCUT2D eigenvalue weighted by atomic mass is 10.3. The maximum Gasteiger partial charge on any atom is 0.236 e. The normalized spacial score (nSPS) is 12.0. The Morgan fingerprint density at radius 2 is 2.00 bits per heavy atom. The van der Waals surface area contributed by atoms with Crippen LogP contribution in [0, 0.1) is 0 Å². The number of benzene rings is 1. The summed E-state index contributed by atoms with van der Waals surface area (Å²) in [6, 6.07) is 9.60. The minimum atomic E-state index is -0.258. The Balaban J connectivity index is 1.60. The molecule has 3 rings (SSSR count). The van der Waals surface area contributed by atoms with Crippen molar-refractivity contribution in [1.82, 2.24) is 25.0 Å². The lowest BCUT2D eigenvalue weighted by molar-refractivity contribution is -0.113. The van der Waals surface area contributed by atoms with Crippen LogP contribution in [0.3, 0.4) is 0 Å². The molecular weight excluding hydrogens is 396 g/mol. The van der Waals surface area contributed by atoms with Crippen molar-refractivity contribution in [2.24, 2.45) is 0 Å². The molecular formula is C18H22N6O2S2. The SMILES string of the molecule is CCc1nnc(NC(=O)CSc2nnc([C@H](C)Oc3ccccc3)n2CC)s1. The van der Waals surface area contributed by atoms with Crippen LogP contribution in [0.2, 0.25) is 0 Å². The Bertz CT molecular complexity index is 912. The molecule has 0 aliphatic carbocycles. The molecule has 1 N–H and O–H groups in total. The quantitative estimate of drug-likeness (QED) is 0.531. The average Bonchev–Trinajstić information content (AvgIpc) is 3.33. The first-order valence-corrected chi connectivity index (χ1v) is 10.8. The molecule has 1 amide bonds. The lowest BCUT2D eigenvalue weighted by Gasteiger charge is -2.15. The van der Waals surface area contributed by atoms with E-state index >= 15 is 0 Å². The largest absolute Gasteiger partial charge is 0.483 e. The molecule has 0 unspecified atom stereocenters. The minimum absolute atomic E-state index is 0.149. The zero-order chi connectivity index (χ0) is 19.9. The summed E-state index contributed by atoms with van der Waals surface area (Å²) in [4.78, 5) is 12.2. The number of hydrogen-bond acceptors (Lipinski definition) is 8. The van der Waals surface area contributed by atoms with E-state index in [0.29, 0.717) is 16.8 Å². The van der Waals surface area contributed by atoms with E-state index in [0.717, 1.165) is 23.0 Å². The molecule has 0 saturated heterocycles. The van der Waals surface area contributed by atoms with Gasteiger partial charge in [0.05, 0.1) is 5.75 Å². The van der Waals surface area contributed by atoms with E-state index in [1.165, 1.54) is 23.1 Å². The number of aryl methyl sites for hydroxylation is 1. The maximum absolute atomic E-state index is 12.2. The molecule has 1 atom stereocenters. The number of hydrogen-bond donors (Lipinski definition) is 1. The van der Waals surface area contributed by atoms with Gasteiger partial charge in [-0.1, -0.05) is 48.2 Å². The van der Waals surface area contributed by atoms with Gasteiger partial charge in [-0.3, -0.25) is 10.1 Å². The van der Waals surface area contributed by atoms with Crippen LogP contribution in [0.25, 0.3) is 0 Å². The molecule has 148 valence electrons. The van der Waals surface area contributed by atoms with Crippen molar-refractivity contribution in [2.75, 3.05) is 11.1 Å². The highest BCUT2D eigenvalue weighted by Crippen LogP contribution is 2.24. The van der Waals surface area contributed by atoms with Gasteiger partial charge in [-0.15, -0.1) is 20.4 Å². The van der Waals surface area contributed by atoms with E-state index < -0.39 is 0 Å². The number of nitrogens with one attached hydrogen (secondary N) is 1. The number of nitrogens with zero attached hydrogens (tertiary/aromatic N) is 5. The van der Waals surface area contributed by atoms with Gasteiger partial charge in [0.2, 0.25) is 11.0 Å². The minimum Gasteiger partial charge on any atom is -0.483 e. The van der Waals surface area contributed by atoms with Gasteiger partial charge in [0.25, 0.3) is 0 Å². The highest BCUT2D eigenvalue weighted by Gasteiger charge is 2.19. The first-order chi connectivity index (χ1) is 13.6. The highest BCUT2D eigenvalue weighted by atomic mass is 32.2. The fourth-order valence-electron chi connectivity index (χ4n) is 2.49. The van der Waals surface area contributed by atoms with Crippen molar-refractivity contribution < 1.29 is 9.53 Å². The van der Waals surface area contributed by atoms with Crippen LogP contribution in [0.4, 0.5) is 5.13 Å². The first-order valence-electron chi connectivity index (χ1n) is 9.00. The summed E-state index contributed by atoms with van der Waals surface area (Å²) in [5.41, 5.74) is 0. The fourth-order valence-corrected chi connectivity index (χ4v) is 4.00. The maximum atomic E-state index is 12.2. The third kappa shape index (κ3) is 5.08. The first kappa shape index (κ1) is 20.3. The molecule has 0 aliphatic heterocycles. The number of ether oxygens (including phenoxy) is 1. The number of carbonyl (C=O) groups is 1. The predicted molar refractivity (Wildman–Crippen MR) is 110 cm³/mol. The van der Waals surface area contributed by atoms with E-state index in [9.17, 15) is 4.79 Å². The molecule has 28 heavy (non-hydrogen) atoms. The monoisotopic (exact) mass is 418 g/mol. The number of anilines is 1. The number of rotatable bonds is 9. The second kappa shape index (κ2) is 9.65. The number of carbonyl (C=O) groups excluding carboxylic acids is 1. The Kier molecular flexibility index (Phi) is 6.99. The molecule has 0 radical (unpaired) electrons. The van der Waals surface area contributed by atoms with Crippen LogP contribution < -0.4 is 10.1 Å². The Labute approximate surface area is 171 Å². The molecule has 2 heterocycles. The van der Waals surface area contributed by atoms with Gasteiger partial charge in [-0.05, 0) is 32.4 Å². The third-order valence-electron chi connectivity index (χ3n) is 3.83. The van der Waals surface area contributed by atoms with Gasteiger partial charge in [0, 0.05) is 6.54 Å². The molecule has 0 aliphatic rings. The topological polar surface area (TPSA) is 94.8 Å². The van der Waals surface area contributed by atoms with Crippen LogP contribution >= 0.6 is 23.1 Å². The van der Waals surface area contributed by atoms with E-state index in [1.54, 1.807) is 0 Å². The molecule has 0 saturated carbocycles. The number of aromatic nitrogens is 5. The predicted octanol–water partition coefficient (Wildman–Crippen LogP) is 3.58. The Hall–Kier alpha value is -2.46. The summed E-state index contributed by atoms with van der Waals surface area (Å²) in [6.45, 7) is 6.63. The van der Waals surface area contributed by atoms with Crippen molar-refractivity contribution in [3.63, 3.8) is 0 Å². The van der Waals surface area contributed by atoms with Crippen LogP contribution in [0.1, 0.15) is 37.7 Å². The average molecular weight is 419 g/mol.